The van der Waals surface area contributed by atoms with Crippen LogP contribution in [0.4, 0.5) is 5.69 Å². The van der Waals surface area contributed by atoms with Gasteiger partial charge in [-0.15, -0.1) is 11.8 Å². The monoisotopic (exact) mass is 479 g/mol. The van der Waals surface area contributed by atoms with Crippen molar-refractivity contribution in [2.45, 2.75) is 42.7 Å². The van der Waals surface area contributed by atoms with Crippen molar-refractivity contribution >= 4 is 29.3 Å². The van der Waals surface area contributed by atoms with Crippen LogP contribution >= 0.6 is 11.8 Å². The van der Waals surface area contributed by atoms with Crippen molar-refractivity contribution in [2.75, 3.05) is 0 Å². The average molecular weight is 480 g/mol. The minimum atomic E-state index is -0.784. The van der Waals surface area contributed by atoms with Gasteiger partial charge in [0.2, 0.25) is 5.91 Å². The summed E-state index contributed by atoms with van der Waals surface area (Å²) in [5.41, 5.74) is 2.25. The van der Waals surface area contributed by atoms with Crippen LogP contribution in [0.1, 0.15) is 18.9 Å². The minimum absolute atomic E-state index is 0.0366. The molecule has 10 nitrogen and oxygen atoms in total. The molecule has 2 fully saturated rings. The molecule has 3 aromatic rings. The number of ether oxygens (including phenoxy) is 1. The molecule has 2 aliphatic heterocycles. The number of carbonyl (C=O) groups excluding carboxylic acids is 2. The van der Waals surface area contributed by atoms with Gasteiger partial charge < -0.3 is 9.64 Å². The van der Waals surface area contributed by atoms with E-state index in [1.165, 1.54) is 12.1 Å². The predicted octanol–water partition coefficient (Wildman–Crippen LogP) is 3.03. The quantitative estimate of drug-likeness (QED) is 0.219. The molecule has 3 atom stereocenters. The number of esters is 1. The number of thioether (sulfide) groups is 1. The van der Waals surface area contributed by atoms with E-state index in [1.54, 1.807) is 39.8 Å². The van der Waals surface area contributed by atoms with Crippen molar-refractivity contribution < 1.29 is 19.2 Å². The molecule has 0 saturated carbocycles. The molecule has 0 aliphatic carbocycles. The lowest BCUT2D eigenvalue weighted by Crippen LogP contribution is -2.58. The third-order valence-electron chi connectivity index (χ3n) is 6.02. The fourth-order valence-corrected chi connectivity index (χ4v) is 6.04. The van der Waals surface area contributed by atoms with E-state index < -0.39 is 21.7 Å². The van der Waals surface area contributed by atoms with Crippen LogP contribution in [-0.4, -0.2) is 52.9 Å². The first kappa shape index (κ1) is 22.1. The first-order valence-electron chi connectivity index (χ1n) is 10.7. The molecule has 0 radical (unpaired) electrons. The highest BCUT2D eigenvalue weighted by atomic mass is 32.2. The maximum Gasteiger partial charge on any atom is 0.330 e. The zero-order chi connectivity index (χ0) is 23.9. The molecule has 2 saturated heterocycles. The van der Waals surface area contributed by atoms with E-state index in [4.69, 9.17) is 4.74 Å². The third-order valence-corrected chi connectivity index (χ3v) is 7.58. The summed E-state index contributed by atoms with van der Waals surface area (Å²) in [6, 6.07) is 14.7. The van der Waals surface area contributed by atoms with Gasteiger partial charge in [-0.05, 0) is 24.6 Å². The van der Waals surface area contributed by atoms with Crippen LogP contribution in [-0.2, 0) is 27.5 Å². The molecule has 0 N–H and O–H groups in total. The number of nitro benzene ring substituents is 1. The molecule has 1 aromatic heterocycles. The molecule has 0 unspecified atom stereocenters. The third kappa shape index (κ3) is 4.03. The van der Waals surface area contributed by atoms with Crippen molar-refractivity contribution in [2.24, 2.45) is 0 Å². The molecule has 2 aromatic carbocycles. The van der Waals surface area contributed by atoms with E-state index in [-0.39, 0.29) is 23.6 Å². The molecule has 5 rings (SSSR count). The predicted molar refractivity (Wildman–Crippen MR) is 123 cm³/mol. The molecule has 174 valence electrons. The number of carbonyl (C=O) groups is 2. The number of amides is 1. The highest BCUT2D eigenvalue weighted by Gasteiger charge is 2.61. The number of β-lactam (4-membered cyclic amide) rings is 1. The molecule has 3 heterocycles. The largest absolute Gasteiger partial charge is 0.459 e. The summed E-state index contributed by atoms with van der Waals surface area (Å²) in [6.45, 7) is 2.20. The first-order valence-corrected chi connectivity index (χ1v) is 11.6. The summed E-state index contributed by atoms with van der Waals surface area (Å²) in [7, 11) is 0. The molecule has 1 amide bonds. The minimum Gasteiger partial charge on any atom is -0.459 e. The fourth-order valence-electron chi connectivity index (χ4n) is 4.31. The standard InChI is InChI=1S/C23H21N5O5S/c1-23(14-26-24-12-18(25-26)16-5-3-2-4-6-16)21(27-19(29)11-20(27)34-23)22(30)33-13-15-7-9-17(10-8-15)28(31)32/h2-10,12,20-21H,11,13-14H2,1H3/t20-,21-,23-/m0/s1. The Bertz CT molecular complexity index is 1250. The molecule has 34 heavy (non-hydrogen) atoms. The molecule has 0 spiro atoms. The van der Waals surface area contributed by atoms with Gasteiger partial charge in [-0.2, -0.15) is 15.0 Å². The number of nitro groups is 1. The number of hydrogen-bond acceptors (Lipinski definition) is 8. The maximum atomic E-state index is 13.2. The van der Waals surface area contributed by atoms with E-state index in [0.29, 0.717) is 18.5 Å². The molecular formula is C23H21N5O5S. The van der Waals surface area contributed by atoms with Crippen LogP contribution in [0.15, 0.2) is 60.8 Å². The number of benzene rings is 2. The molecular weight excluding hydrogens is 458 g/mol. The van der Waals surface area contributed by atoms with Gasteiger partial charge >= 0.3 is 5.97 Å². The SMILES string of the molecule is C[C@@]1(Cn2ncc(-c3ccccc3)n2)S[C@H]2CC(=O)N2[C@H]1C(=O)OCc1ccc([N+](=O)[O-])cc1. The Balaban J connectivity index is 1.32. The number of nitrogens with zero attached hydrogens (tertiary/aromatic N) is 5. The fraction of sp³-hybridized carbons (Fsp3) is 0.304. The lowest BCUT2D eigenvalue weighted by molar-refractivity contribution is -0.384. The summed E-state index contributed by atoms with van der Waals surface area (Å²) in [6.07, 6.45) is 2.06. The Kier molecular flexibility index (Phi) is 5.56. The number of aromatic nitrogens is 3. The summed E-state index contributed by atoms with van der Waals surface area (Å²) in [4.78, 5) is 39.0. The number of non-ortho nitro benzene ring substituents is 1. The second-order valence-electron chi connectivity index (χ2n) is 8.45. The van der Waals surface area contributed by atoms with Crippen LogP contribution in [0.3, 0.4) is 0 Å². The van der Waals surface area contributed by atoms with Crippen LogP contribution in [0.2, 0.25) is 0 Å². The lowest BCUT2D eigenvalue weighted by atomic mass is 9.96. The van der Waals surface area contributed by atoms with Crippen LogP contribution < -0.4 is 0 Å². The van der Waals surface area contributed by atoms with Crippen molar-refractivity contribution in [3.63, 3.8) is 0 Å². The van der Waals surface area contributed by atoms with Crippen LogP contribution in [0, 0.1) is 10.1 Å². The second kappa shape index (κ2) is 8.56. The highest BCUT2D eigenvalue weighted by molar-refractivity contribution is 8.01. The molecule has 11 heteroatoms. The van der Waals surface area contributed by atoms with Crippen LogP contribution in [0.5, 0.6) is 0 Å². The van der Waals surface area contributed by atoms with Crippen molar-refractivity contribution in [1.82, 2.24) is 19.9 Å². The average Bonchev–Trinajstić information content (AvgIpc) is 3.38. The van der Waals surface area contributed by atoms with Gasteiger partial charge in [0.05, 0.1) is 34.2 Å². The highest BCUT2D eigenvalue weighted by Crippen LogP contribution is 2.52. The molecule has 0 bridgehead atoms. The van der Waals surface area contributed by atoms with Gasteiger partial charge in [-0.3, -0.25) is 14.9 Å². The topological polar surface area (TPSA) is 120 Å². The van der Waals surface area contributed by atoms with Gasteiger partial charge in [-0.1, -0.05) is 30.3 Å². The maximum absolute atomic E-state index is 13.2. The van der Waals surface area contributed by atoms with Gasteiger partial charge in [0, 0.05) is 17.7 Å². The Hall–Kier alpha value is -3.73. The summed E-state index contributed by atoms with van der Waals surface area (Å²) in [5, 5.41) is 19.7. The van der Waals surface area contributed by atoms with Crippen molar-refractivity contribution in [3.8, 4) is 11.3 Å². The number of hydrogen-bond donors (Lipinski definition) is 0. The van der Waals surface area contributed by atoms with Gasteiger partial charge in [-0.25, -0.2) is 4.79 Å². The Morgan fingerprint density at radius 1 is 1.24 bits per heavy atom. The zero-order valence-electron chi connectivity index (χ0n) is 18.2. The van der Waals surface area contributed by atoms with E-state index >= 15 is 0 Å². The smallest absolute Gasteiger partial charge is 0.330 e. The van der Waals surface area contributed by atoms with Gasteiger partial charge in [0.1, 0.15) is 18.3 Å². The number of rotatable bonds is 7. The van der Waals surface area contributed by atoms with E-state index in [1.807, 2.05) is 37.3 Å². The normalized spacial score (nSPS) is 23.3. The Morgan fingerprint density at radius 2 is 1.97 bits per heavy atom. The lowest BCUT2D eigenvalue weighted by Gasteiger charge is -2.37. The van der Waals surface area contributed by atoms with Crippen LogP contribution in [0.25, 0.3) is 11.3 Å². The summed E-state index contributed by atoms with van der Waals surface area (Å²) >= 11 is 1.56. The van der Waals surface area contributed by atoms with E-state index in [2.05, 4.69) is 10.2 Å². The van der Waals surface area contributed by atoms with E-state index in [0.717, 1.165) is 11.3 Å². The van der Waals surface area contributed by atoms with E-state index in [9.17, 15) is 19.7 Å². The van der Waals surface area contributed by atoms with Gasteiger partial charge in [0.25, 0.3) is 5.69 Å². The summed E-state index contributed by atoms with van der Waals surface area (Å²) in [5.74, 6) is -0.601. The van der Waals surface area contributed by atoms with Gasteiger partial charge in [0.15, 0.2) is 0 Å². The molecule has 2 aliphatic rings. The first-order chi connectivity index (χ1) is 16.3. The van der Waals surface area contributed by atoms with Crippen molar-refractivity contribution in [1.29, 1.82) is 0 Å². The zero-order valence-corrected chi connectivity index (χ0v) is 19.1. The number of fused-ring (bicyclic) bond motifs is 1. The Morgan fingerprint density at radius 3 is 2.65 bits per heavy atom. The van der Waals surface area contributed by atoms with Crippen molar-refractivity contribution in [3.05, 3.63) is 76.5 Å². The Labute approximate surface area is 199 Å². The second-order valence-corrected chi connectivity index (χ2v) is 10.2. The summed E-state index contributed by atoms with van der Waals surface area (Å²) < 4.78 is 4.87.